The highest BCUT2D eigenvalue weighted by Gasteiger charge is 2.23. The number of nitrogens with one attached hydrogen (secondary N) is 1. The predicted octanol–water partition coefficient (Wildman–Crippen LogP) is 2.73. The van der Waals surface area contributed by atoms with Crippen molar-refractivity contribution >= 4 is 32.7 Å². The first-order valence-electron chi connectivity index (χ1n) is 6.98. The fourth-order valence-electron chi connectivity index (χ4n) is 2.73. The van der Waals surface area contributed by atoms with Crippen molar-refractivity contribution in [3.63, 3.8) is 0 Å². The number of halogens is 1. The summed E-state index contributed by atoms with van der Waals surface area (Å²) in [5, 5.41) is 7.60. The molecule has 1 aromatic heterocycles. The average molecular weight is 330 g/mol. The van der Waals surface area contributed by atoms with Crippen molar-refractivity contribution in [1.29, 1.82) is 0 Å². The Morgan fingerprint density at radius 1 is 1.19 bits per heavy atom. The quantitative estimate of drug-likeness (QED) is 0.932. The summed E-state index contributed by atoms with van der Waals surface area (Å²) in [7, 11) is -3.64. The zero-order valence-electron chi connectivity index (χ0n) is 11.4. The Hall–Kier alpha value is -1.18. The number of fused-ring (bicyclic) bond motifs is 1. The minimum Gasteiger partial charge on any atom is -0.243 e. The van der Waals surface area contributed by atoms with Crippen LogP contribution in [-0.2, 0) is 10.0 Å². The summed E-state index contributed by atoms with van der Waals surface area (Å²) in [5.74, 6) is 0.409. The van der Waals surface area contributed by atoms with Gasteiger partial charge in [0.05, 0.1) is 5.02 Å². The van der Waals surface area contributed by atoms with Crippen molar-refractivity contribution in [1.82, 2.24) is 15.0 Å². The van der Waals surface area contributed by atoms with Crippen LogP contribution in [0.1, 0.15) is 32.1 Å². The minimum absolute atomic E-state index is 0.0546. The highest BCUT2D eigenvalue weighted by Crippen LogP contribution is 2.27. The van der Waals surface area contributed by atoms with Gasteiger partial charge < -0.3 is 0 Å². The summed E-state index contributed by atoms with van der Waals surface area (Å²) >= 11 is 5.94. The van der Waals surface area contributed by atoms with E-state index < -0.39 is 10.0 Å². The smallest absolute Gasteiger partial charge is 0.242 e. The number of hydrogen-bond donors (Lipinski definition) is 1. The van der Waals surface area contributed by atoms with E-state index in [0.717, 1.165) is 12.8 Å². The van der Waals surface area contributed by atoms with Crippen LogP contribution in [0.25, 0.3) is 11.0 Å². The van der Waals surface area contributed by atoms with Crippen molar-refractivity contribution < 1.29 is 13.0 Å². The number of sulfonamides is 1. The van der Waals surface area contributed by atoms with Crippen molar-refractivity contribution in [3.8, 4) is 0 Å². The van der Waals surface area contributed by atoms with Crippen LogP contribution in [0.3, 0.4) is 0 Å². The molecule has 0 atom stereocenters. The van der Waals surface area contributed by atoms with Crippen LogP contribution < -0.4 is 4.72 Å². The molecule has 6 nitrogen and oxygen atoms in total. The Labute approximate surface area is 127 Å². The third kappa shape index (κ3) is 3.04. The zero-order valence-corrected chi connectivity index (χ0v) is 13.0. The number of benzene rings is 1. The van der Waals surface area contributed by atoms with Crippen LogP contribution in [0.15, 0.2) is 21.7 Å². The summed E-state index contributed by atoms with van der Waals surface area (Å²) in [4.78, 5) is 0.0546. The molecule has 21 heavy (non-hydrogen) atoms. The van der Waals surface area contributed by atoms with Crippen molar-refractivity contribution in [2.75, 3.05) is 6.54 Å². The molecule has 0 saturated heterocycles. The molecule has 1 aromatic carbocycles. The van der Waals surface area contributed by atoms with Crippen molar-refractivity contribution in [2.45, 2.75) is 37.0 Å². The first-order chi connectivity index (χ1) is 10.1. The van der Waals surface area contributed by atoms with Crippen LogP contribution >= 0.6 is 11.6 Å². The minimum atomic E-state index is -3.64. The molecule has 0 bridgehead atoms. The monoisotopic (exact) mass is 329 g/mol. The molecule has 2 aromatic rings. The normalized spacial score (nSPS) is 17.4. The van der Waals surface area contributed by atoms with E-state index in [0.29, 0.717) is 17.5 Å². The highest BCUT2D eigenvalue weighted by molar-refractivity contribution is 7.89. The Bertz CT molecular complexity index is 738. The van der Waals surface area contributed by atoms with E-state index in [9.17, 15) is 8.42 Å². The van der Waals surface area contributed by atoms with Gasteiger partial charge >= 0.3 is 0 Å². The summed E-state index contributed by atoms with van der Waals surface area (Å²) in [6.07, 6.45) is 5.73. The Morgan fingerprint density at radius 3 is 2.67 bits per heavy atom. The molecular formula is C13H16ClN3O3S. The fourth-order valence-corrected chi connectivity index (χ4v) is 4.16. The maximum Gasteiger partial charge on any atom is 0.242 e. The molecule has 1 N–H and O–H groups in total. The number of rotatable bonds is 4. The van der Waals surface area contributed by atoms with Crippen LogP contribution in [0.2, 0.25) is 5.02 Å². The second-order valence-electron chi connectivity index (χ2n) is 5.36. The van der Waals surface area contributed by atoms with Crippen LogP contribution in [0, 0.1) is 5.92 Å². The van der Waals surface area contributed by atoms with Gasteiger partial charge in [-0.15, -0.1) is 0 Å². The maximum absolute atomic E-state index is 12.4. The van der Waals surface area contributed by atoms with Gasteiger partial charge in [0.2, 0.25) is 10.0 Å². The highest BCUT2D eigenvalue weighted by atomic mass is 35.5. The fraction of sp³-hybridized carbons (Fsp3) is 0.538. The SMILES string of the molecule is O=S(=O)(NCC1CCCCC1)c1ccc(Cl)c2nonc12. The average Bonchev–Trinajstić information content (AvgIpc) is 2.97. The second kappa shape index (κ2) is 5.90. The lowest BCUT2D eigenvalue weighted by molar-refractivity contribution is 0.315. The predicted molar refractivity (Wildman–Crippen MR) is 78.6 cm³/mol. The lowest BCUT2D eigenvalue weighted by Crippen LogP contribution is -2.30. The third-order valence-electron chi connectivity index (χ3n) is 3.91. The third-order valence-corrected chi connectivity index (χ3v) is 5.67. The zero-order chi connectivity index (χ0) is 14.9. The molecular weight excluding hydrogens is 314 g/mol. The molecule has 0 amide bonds. The Balaban J connectivity index is 1.83. The lowest BCUT2D eigenvalue weighted by Gasteiger charge is -2.21. The Kier molecular flexibility index (Phi) is 4.14. The largest absolute Gasteiger partial charge is 0.243 e. The van der Waals surface area contributed by atoms with Gasteiger partial charge in [-0.05, 0) is 41.2 Å². The van der Waals surface area contributed by atoms with Gasteiger partial charge in [0.25, 0.3) is 0 Å². The van der Waals surface area contributed by atoms with Crippen LogP contribution in [0.4, 0.5) is 0 Å². The van der Waals surface area contributed by atoms with Gasteiger partial charge in [-0.1, -0.05) is 30.9 Å². The Morgan fingerprint density at radius 2 is 1.90 bits per heavy atom. The van der Waals surface area contributed by atoms with Gasteiger partial charge in [0, 0.05) is 6.54 Å². The van der Waals surface area contributed by atoms with E-state index in [1.807, 2.05) is 0 Å². The maximum atomic E-state index is 12.4. The summed E-state index contributed by atoms with van der Waals surface area (Å²) in [5.41, 5.74) is 0.427. The molecule has 3 rings (SSSR count). The second-order valence-corrected chi connectivity index (χ2v) is 7.51. The van der Waals surface area contributed by atoms with Gasteiger partial charge in [0.15, 0.2) is 11.0 Å². The van der Waals surface area contributed by atoms with E-state index in [1.54, 1.807) is 0 Å². The van der Waals surface area contributed by atoms with Gasteiger partial charge in [0.1, 0.15) is 4.90 Å². The molecule has 0 radical (unpaired) electrons. The molecule has 0 spiro atoms. The van der Waals surface area contributed by atoms with E-state index in [-0.39, 0.29) is 15.9 Å². The van der Waals surface area contributed by atoms with E-state index in [4.69, 9.17) is 11.6 Å². The van der Waals surface area contributed by atoms with Crippen molar-refractivity contribution in [3.05, 3.63) is 17.2 Å². The van der Waals surface area contributed by atoms with Crippen LogP contribution in [-0.4, -0.2) is 25.3 Å². The van der Waals surface area contributed by atoms with Crippen LogP contribution in [0.5, 0.6) is 0 Å². The first kappa shape index (κ1) is 14.7. The summed E-state index contributed by atoms with van der Waals surface area (Å²) < 4.78 is 32.1. The molecule has 0 unspecified atom stereocenters. The van der Waals surface area contributed by atoms with Gasteiger partial charge in [-0.2, -0.15) is 0 Å². The molecule has 1 aliphatic rings. The summed E-state index contributed by atoms with van der Waals surface area (Å²) in [6.45, 7) is 0.456. The number of nitrogens with zero attached hydrogens (tertiary/aromatic N) is 2. The molecule has 8 heteroatoms. The van der Waals surface area contributed by atoms with E-state index in [2.05, 4.69) is 19.7 Å². The van der Waals surface area contributed by atoms with E-state index >= 15 is 0 Å². The van der Waals surface area contributed by atoms with Gasteiger partial charge in [-0.25, -0.2) is 17.8 Å². The first-order valence-corrected chi connectivity index (χ1v) is 8.84. The number of aromatic nitrogens is 2. The lowest BCUT2D eigenvalue weighted by atomic mass is 9.90. The molecule has 1 fully saturated rings. The molecule has 1 heterocycles. The molecule has 0 aliphatic heterocycles. The molecule has 1 saturated carbocycles. The molecule has 114 valence electrons. The molecule has 1 aliphatic carbocycles. The summed E-state index contributed by atoms with van der Waals surface area (Å²) in [6, 6.07) is 2.92. The van der Waals surface area contributed by atoms with E-state index in [1.165, 1.54) is 31.4 Å². The standard InChI is InChI=1S/C13H16ClN3O3S/c14-10-6-7-11(13-12(10)16-20-17-13)21(18,19)15-8-9-4-2-1-3-5-9/h6-7,9,15H,1-5,8H2. The topological polar surface area (TPSA) is 85.1 Å². The number of hydrogen-bond acceptors (Lipinski definition) is 5. The van der Waals surface area contributed by atoms with Crippen molar-refractivity contribution in [2.24, 2.45) is 5.92 Å². The van der Waals surface area contributed by atoms with Gasteiger partial charge in [-0.3, -0.25) is 0 Å².